The van der Waals surface area contributed by atoms with Gasteiger partial charge in [0.15, 0.2) is 9.84 Å². The van der Waals surface area contributed by atoms with Crippen LogP contribution in [-0.4, -0.2) is 14.7 Å². The van der Waals surface area contributed by atoms with Crippen molar-refractivity contribution < 1.29 is 8.42 Å². The molecule has 0 heterocycles. The summed E-state index contributed by atoms with van der Waals surface area (Å²) in [6.45, 7) is 1.82. The Morgan fingerprint density at radius 3 is 2.38 bits per heavy atom. The topological polar surface area (TPSA) is 34.1 Å². The quantitative estimate of drug-likeness (QED) is 0.809. The average molecular weight is 299 g/mol. The summed E-state index contributed by atoms with van der Waals surface area (Å²) in [7, 11) is -3.15. The highest BCUT2D eigenvalue weighted by atomic mass is 79.9. The Hall–Kier alpha value is -0.870. The molecule has 0 spiro atoms. The lowest BCUT2D eigenvalue weighted by molar-refractivity contribution is 0.601. The van der Waals surface area contributed by atoms with Crippen molar-refractivity contribution in [3.63, 3.8) is 0 Å². The van der Waals surface area contributed by atoms with Gasteiger partial charge in [-0.15, -0.1) is 0 Å². The molecule has 16 heavy (non-hydrogen) atoms. The molecule has 0 aliphatic rings. The van der Waals surface area contributed by atoms with Gasteiger partial charge in [-0.05, 0) is 41.5 Å². The molecule has 0 bridgehead atoms. The monoisotopic (exact) mass is 298 g/mol. The van der Waals surface area contributed by atoms with E-state index in [1.165, 1.54) is 6.26 Å². The molecule has 0 saturated carbocycles. The molecule has 0 fully saturated rings. The van der Waals surface area contributed by atoms with Crippen LogP contribution in [0.25, 0.3) is 10.8 Å². The largest absolute Gasteiger partial charge is 0.224 e. The van der Waals surface area contributed by atoms with Crippen LogP contribution < -0.4 is 0 Å². The third-order valence-corrected chi connectivity index (χ3v) is 4.23. The zero-order valence-electron chi connectivity index (χ0n) is 8.99. The smallest absolute Gasteiger partial charge is 0.175 e. The Morgan fingerprint density at radius 2 is 1.75 bits per heavy atom. The van der Waals surface area contributed by atoms with Crippen LogP contribution in [0.2, 0.25) is 0 Å². The van der Waals surface area contributed by atoms with Crippen LogP contribution in [0.3, 0.4) is 0 Å². The Bertz CT molecular complexity index is 660. The summed E-state index contributed by atoms with van der Waals surface area (Å²) in [5, 5.41) is 1.98. The lowest BCUT2D eigenvalue weighted by Gasteiger charge is -2.06. The first-order chi connectivity index (χ1) is 7.38. The fraction of sp³-hybridized carbons (Fsp3) is 0.167. The third kappa shape index (κ3) is 2.13. The van der Waals surface area contributed by atoms with Crippen LogP contribution in [0, 0.1) is 6.92 Å². The standard InChI is InChI=1S/C12H11BrO2S/c1-8-5-9-3-4-11(13)6-10(9)7-12(8)16(2,14)15/h3-7H,1-2H3. The summed E-state index contributed by atoms with van der Waals surface area (Å²) >= 11 is 3.38. The molecule has 2 aromatic carbocycles. The maximum atomic E-state index is 11.6. The van der Waals surface area contributed by atoms with E-state index in [0.29, 0.717) is 4.90 Å². The van der Waals surface area contributed by atoms with Crippen molar-refractivity contribution in [3.05, 3.63) is 40.4 Å². The van der Waals surface area contributed by atoms with E-state index < -0.39 is 9.84 Å². The summed E-state index contributed by atoms with van der Waals surface area (Å²) in [5.41, 5.74) is 0.789. The van der Waals surface area contributed by atoms with Gasteiger partial charge in [-0.1, -0.05) is 28.1 Å². The van der Waals surface area contributed by atoms with E-state index in [9.17, 15) is 8.42 Å². The lowest BCUT2D eigenvalue weighted by Crippen LogP contribution is -1.99. The van der Waals surface area contributed by atoms with E-state index in [2.05, 4.69) is 15.9 Å². The van der Waals surface area contributed by atoms with Crippen molar-refractivity contribution in [2.45, 2.75) is 11.8 Å². The number of halogens is 1. The highest BCUT2D eigenvalue weighted by Gasteiger charge is 2.11. The van der Waals surface area contributed by atoms with Crippen molar-refractivity contribution in [2.24, 2.45) is 0 Å². The van der Waals surface area contributed by atoms with E-state index in [1.54, 1.807) is 6.07 Å². The Morgan fingerprint density at radius 1 is 1.06 bits per heavy atom. The Kier molecular flexibility index (Phi) is 2.80. The van der Waals surface area contributed by atoms with Gasteiger partial charge >= 0.3 is 0 Å². The summed E-state index contributed by atoms with van der Waals surface area (Å²) < 4.78 is 24.1. The van der Waals surface area contributed by atoms with Gasteiger partial charge in [0, 0.05) is 10.7 Å². The van der Waals surface area contributed by atoms with Gasteiger partial charge < -0.3 is 0 Å². The van der Waals surface area contributed by atoms with E-state index in [-0.39, 0.29) is 0 Å². The first-order valence-electron chi connectivity index (χ1n) is 4.78. The van der Waals surface area contributed by atoms with E-state index in [0.717, 1.165) is 20.8 Å². The molecule has 0 N–H and O–H groups in total. The molecular formula is C12H11BrO2S. The molecular weight excluding hydrogens is 288 g/mol. The average Bonchev–Trinajstić information content (AvgIpc) is 2.16. The zero-order valence-corrected chi connectivity index (χ0v) is 11.4. The molecule has 4 heteroatoms. The summed E-state index contributed by atoms with van der Waals surface area (Å²) in [6.07, 6.45) is 1.24. The maximum absolute atomic E-state index is 11.6. The van der Waals surface area contributed by atoms with Crippen LogP contribution in [0.5, 0.6) is 0 Å². The number of fused-ring (bicyclic) bond motifs is 1. The molecule has 0 unspecified atom stereocenters. The molecule has 0 aliphatic heterocycles. The van der Waals surface area contributed by atoms with Gasteiger partial charge in [0.1, 0.15) is 0 Å². The zero-order chi connectivity index (χ0) is 11.9. The maximum Gasteiger partial charge on any atom is 0.175 e. The molecule has 0 amide bonds. The van der Waals surface area contributed by atoms with E-state index in [4.69, 9.17) is 0 Å². The first kappa shape index (κ1) is 11.6. The fourth-order valence-corrected chi connectivity index (χ4v) is 3.12. The molecule has 0 radical (unpaired) electrons. The summed E-state index contributed by atoms with van der Waals surface area (Å²) in [6, 6.07) is 9.47. The van der Waals surface area contributed by atoms with Crippen molar-refractivity contribution in [1.29, 1.82) is 0 Å². The van der Waals surface area contributed by atoms with Crippen LogP contribution >= 0.6 is 15.9 Å². The summed E-state index contributed by atoms with van der Waals surface area (Å²) in [5.74, 6) is 0. The molecule has 0 aliphatic carbocycles. The van der Waals surface area contributed by atoms with Gasteiger partial charge in [0.2, 0.25) is 0 Å². The van der Waals surface area contributed by atoms with Crippen LogP contribution in [0.4, 0.5) is 0 Å². The molecule has 0 aromatic heterocycles. The molecule has 84 valence electrons. The highest BCUT2D eigenvalue weighted by Crippen LogP contribution is 2.25. The predicted octanol–water partition coefficient (Wildman–Crippen LogP) is 3.31. The minimum Gasteiger partial charge on any atom is -0.224 e. The van der Waals surface area contributed by atoms with Crippen LogP contribution in [-0.2, 0) is 9.84 Å². The molecule has 0 saturated heterocycles. The Labute approximate surface area is 103 Å². The van der Waals surface area contributed by atoms with E-state index in [1.807, 2.05) is 31.2 Å². The van der Waals surface area contributed by atoms with Crippen molar-refractivity contribution in [1.82, 2.24) is 0 Å². The second-order valence-electron chi connectivity index (χ2n) is 3.88. The van der Waals surface area contributed by atoms with Crippen LogP contribution in [0.1, 0.15) is 5.56 Å². The number of rotatable bonds is 1. The van der Waals surface area contributed by atoms with Gasteiger partial charge in [-0.3, -0.25) is 0 Å². The number of aryl methyl sites for hydroxylation is 1. The molecule has 2 nitrogen and oxygen atoms in total. The second-order valence-corrected chi connectivity index (χ2v) is 6.78. The highest BCUT2D eigenvalue weighted by molar-refractivity contribution is 9.10. The Balaban J connectivity index is 2.84. The minimum atomic E-state index is -3.15. The van der Waals surface area contributed by atoms with Gasteiger partial charge in [0.05, 0.1) is 4.90 Å². The normalized spacial score (nSPS) is 11.9. The van der Waals surface area contributed by atoms with Crippen molar-refractivity contribution >= 4 is 36.5 Å². The number of hydrogen-bond acceptors (Lipinski definition) is 2. The fourth-order valence-electron chi connectivity index (χ4n) is 1.76. The van der Waals surface area contributed by atoms with Crippen molar-refractivity contribution in [2.75, 3.05) is 6.26 Å². The molecule has 2 rings (SSSR count). The van der Waals surface area contributed by atoms with Gasteiger partial charge in [0.25, 0.3) is 0 Å². The second kappa shape index (κ2) is 3.86. The number of sulfone groups is 1. The van der Waals surface area contributed by atoms with Crippen LogP contribution in [0.15, 0.2) is 39.7 Å². The summed E-state index contributed by atoms with van der Waals surface area (Å²) in [4.78, 5) is 0.401. The number of hydrogen-bond donors (Lipinski definition) is 0. The van der Waals surface area contributed by atoms with Crippen molar-refractivity contribution in [3.8, 4) is 0 Å². The lowest BCUT2D eigenvalue weighted by atomic mass is 10.1. The SMILES string of the molecule is Cc1cc2ccc(Br)cc2cc1S(C)(=O)=O. The minimum absolute atomic E-state index is 0.401. The number of benzene rings is 2. The molecule has 0 atom stereocenters. The van der Waals surface area contributed by atoms with Gasteiger partial charge in [-0.2, -0.15) is 0 Å². The first-order valence-corrected chi connectivity index (χ1v) is 7.46. The van der Waals surface area contributed by atoms with Gasteiger partial charge in [-0.25, -0.2) is 8.42 Å². The molecule has 2 aromatic rings. The van der Waals surface area contributed by atoms with E-state index >= 15 is 0 Å². The third-order valence-electron chi connectivity index (χ3n) is 2.50. The predicted molar refractivity (Wildman–Crippen MR) is 69.5 cm³/mol.